The molecule has 0 saturated carbocycles. The Morgan fingerprint density at radius 1 is 0.783 bits per heavy atom. The third kappa shape index (κ3) is 6.25. The summed E-state index contributed by atoms with van der Waals surface area (Å²) in [5, 5.41) is 7.75. The van der Waals surface area contributed by atoms with E-state index in [1.165, 1.54) is 0 Å². The van der Waals surface area contributed by atoms with Gasteiger partial charge in [-0.1, -0.05) is 84.4 Å². The normalized spacial score (nSPS) is 17.1. The maximum Gasteiger partial charge on any atom is 0.343 e. The molecule has 5 aromatic rings. The van der Waals surface area contributed by atoms with Gasteiger partial charge in [-0.3, -0.25) is 4.79 Å². The molecule has 0 bridgehead atoms. The van der Waals surface area contributed by atoms with E-state index < -0.39 is 12.0 Å². The van der Waals surface area contributed by atoms with Crippen LogP contribution in [0.25, 0.3) is 0 Å². The summed E-state index contributed by atoms with van der Waals surface area (Å²) in [5.41, 5.74) is 6.61. The zero-order valence-electron chi connectivity index (χ0n) is 24.9. The molecule has 1 aliphatic heterocycles. The summed E-state index contributed by atoms with van der Waals surface area (Å²) < 4.78 is 12.0. The molecule has 2 aliphatic rings. The molecule has 46 heavy (non-hydrogen) atoms. The number of Topliss-reactive ketones (excluding diaryl/α,β-unsaturated/α-hetero) is 1. The van der Waals surface area contributed by atoms with Crippen LogP contribution in [0, 0.1) is 0 Å². The summed E-state index contributed by atoms with van der Waals surface area (Å²) >= 11 is 5.99. The van der Waals surface area contributed by atoms with Gasteiger partial charge in [0.15, 0.2) is 5.78 Å². The third-order valence-corrected chi connectivity index (χ3v) is 8.64. The summed E-state index contributed by atoms with van der Waals surface area (Å²) in [6, 6.07) is 39.4. The fourth-order valence-corrected chi connectivity index (χ4v) is 6.28. The second-order valence-electron chi connectivity index (χ2n) is 11.4. The van der Waals surface area contributed by atoms with Gasteiger partial charge < -0.3 is 20.1 Å². The quantitative estimate of drug-likeness (QED) is 0.139. The number of carbonyl (C=O) groups excluding carboxylic acids is 2. The summed E-state index contributed by atoms with van der Waals surface area (Å²) in [6.45, 7) is 0.447. The minimum Gasteiger partial charge on any atom is -0.489 e. The van der Waals surface area contributed by atoms with Crippen molar-refractivity contribution in [3.63, 3.8) is 0 Å². The molecule has 5 aromatic carbocycles. The van der Waals surface area contributed by atoms with E-state index in [1.54, 1.807) is 30.3 Å². The number of anilines is 2. The third-order valence-electron chi connectivity index (χ3n) is 8.39. The standard InChI is InChI=1S/C39H31ClN2O4/c40-29-19-17-26(18-20-29)39(44)46-30-12-8-11-27(21-30)38-37-34(41-32-14-5-6-15-33(32)42-38)22-28(23-35(37)43)31-13-4-7-16-36(31)45-24-25-9-2-1-3-10-25/h1-21,28,38,41-42H,22-24H2. The Labute approximate surface area is 272 Å². The van der Waals surface area contributed by atoms with Crippen molar-refractivity contribution in [3.05, 3.63) is 166 Å². The highest BCUT2D eigenvalue weighted by Gasteiger charge is 2.37. The predicted molar refractivity (Wildman–Crippen MR) is 181 cm³/mol. The number of fused-ring (bicyclic) bond motifs is 1. The first-order valence-electron chi connectivity index (χ1n) is 15.2. The maximum atomic E-state index is 14.2. The molecule has 2 N–H and O–H groups in total. The number of hydrogen-bond donors (Lipinski definition) is 2. The fraction of sp³-hybridized carbons (Fsp3) is 0.128. The summed E-state index contributed by atoms with van der Waals surface area (Å²) in [5.74, 6) is 0.665. The lowest BCUT2D eigenvalue weighted by Crippen LogP contribution is -2.27. The van der Waals surface area contributed by atoms with Crippen molar-refractivity contribution in [2.24, 2.45) is 0 Å². The number of ketones is 1. The van der Waals surface area contributed by atoms with Gasteiger partial charge in [0.1, 0.15) is 18.1 Å². The Hall–Kier alpha value is -5.33. The number of hydrogen-bond acceptors (Lipinski definition) is 6. The highest BCUT2D eigenvalue weighted by atomic mass is 35.5. The van der Waals surface area contributed by atoms with Gasteiger partial charge in [-0.15, -0.1) is 0 Å². The Morgan fingerprint density at radius 2 is 1.52 bits per heavy atom. The molecule has 7 rings (SSSR count). The number of esters is 1. The van der Waals surface area contributed by atoms with Gasteiger partial charge in [-0.05, 0) is 77.7 Å². The van der Waals surface area contributed by atoms with E-state index >= 15 is 0 Å². The molecular weight excluding hydrogens is 596 g/mol. The van der Waals surface area contributed by atoms with Crippen LogP contribution in [0.15, 0.2) is 139 Å². The highest BCUT2D eigenvalue weighted by molar-refractivity contribution is 6.30. The zero-order valence-corrected chi connectivity index (χ0v) is 25.7. The van der Waals surface area contributed by atoms with Crippen LogP contribution in [0.1, 0.15) is 51.8 Å². The van der Waals surface area contributed by atoms with Crippen molar-refractivity contribution in [3.8, 4) is 11.5 Å². The second-order valence-corrected chi connectivity index (χ2v) is 11.9. The maximum absolute atomic E-state index is 14.2. The molecule has 2 unspecified atom stereocenters. The Bertz CT molecular complexity index is 1940. The number of carbonyl (C=O) groups is 2. The Balaban J connectivity index is 1.20. The fourth-order valence-electron chi connectivity index (χ4n) is 6.16. The highest BCUT2D eigenvalue weighted by Crippen LogP contribution is 2.46. The van der Waals surface area contributed by atoms with Crippen LogP contribution in [0.3, 0.4) is 0 Å². The van der Waals surface area contributed by atoms with Crippen LogP contribution in [0.5, 0.6) is 11.5 Å². The summed E-state index contributed by atoms with van der Waals surface area (Å²) in [4.78, 5) is 27.1. The van der Waals surface area contributed by atoms with E-state index in [-0.39, 0.29) is 11.7 Å². The molecule has 7 heteroatoms. The first-order chi connectivity index (χ1) is 22.5. The van der Waals surface area contributed by atoms with Crippen molar-refractivity contribution in [2.75, 3.05) is 10.6 Å². The average molecular weight is 627 g/mol. The minimum absolute atomic E-state index is 0.0467. The van der Waals surface area contributed by atoms with E-state index in [2.05, 4.69) is 16.7 Å². The van der Waals surface area contributed by atoms with Crippen LogP contribution < -0.4 is 20.1 Å². The van der Waals surface area contributed by atoms with Gasteiger partial charge in [0.25, 0.3) is 0 Å². The minimum atomic E-state index is -0.487. The number of benzene rings is 5. The largest absolute Gasteiger partial charge is 0.489 e. The van der Waals surface area contributed by atoms with Crippen LogP contribution in [-0.2, 0) is 11.4 Å². The molecule has 0 amide bonds. The number of allylic oxidation sites excluding steroid dienone is 1. The summed E-state index contributed by atoms with van der Waals surface area (Å²) in [7, 11) is 0. The van der Waals surface area contributed by atoms with Crippen LogP contribution in [-0.4, -0.2) is 11.8 Å². The van der Waals surface area contributed by atoms with Gasteiger partial charge in [0, 0.05) is 28.6 Å². The summed E-state index contributed by atoms with van der Waals surface area (Å²) in [6.07, 6.45) is 0.969. The Morgan fingerprint density at radius 3 is 2.35 bits per heavy atom. The molecule has 228 valence electrons. The lowest BCUT2D eigenvalue weighted by Gasteiger charge is -2.30. The second kappa shape index (κ2) is 13.0. The monoisotopic (exact) mass is 626 g/mol. The van der Waals surface area contributed by atoms with E-state index in [0.29, 0.717) is 41.4 Å². The van der Waals surface area contributed by atoms with E-state index in [9.17, 15) is 9.59 Å². The van der Waals surface area contributed by atoms with Gasteiger partial charge >= 0.3 is 5.97 Å². The van der Waals surface area contributed by atoms with Crippen molar-refractivity contribution < 1.29 is 19.1 Å². The molecule has 2 atom stereocenters. The molecule has 0 aromatic heterocycles. The molecule has 1 heterocycles. The van der Waals surface area contributed by atoms with Crippen LogP contribution >= 0.6 is 11.6 Å². The molecule has 0 saturated heterocycles. The van der Waals surface area contributed by atoms with E-state index in [4.69, 9.17) is 21.1 Å². The smallest absolute Gasteiger partial charge is 0.343 e. The molecule has 0 spiro atoms. The lowest BCUT2D eigenvalue weighted by atomic mass is 9.78. The van der Waals surface area contributed by atoms with Gasteiger partial charge in [-0.25, -0.2) is 4.79 Å². The van der Waals surface area contributed by atoms with E-state index in [1.807, 2.05) is 91.0 Å². The average Bonchev–Trinajstić information content (AvgIpc) is 3.25. The molecular formula is C39H31ClN2O4. The zero-order chi connectivity index (χ0) is 31.5. The van der Waals surface area contributed by atoms with Crippen molar-refractivity contribution in [1.82, 2.24) is 0 Å². The topological polar surface area (TPSA) is 76.7 Å². The van der Waals surface area contributed by atoms with Crippen molar-refractivity contribution in [2.45, 2.75) is 31.4 Å². The number of para-hydroxylation sites is 3. The molecule has 0 radical (unpaired) electrons. The SMILES string of the molecule is O=C1CC(c2ccccc2OCc2ccccc2)CC2=C1C(c1cccc(OC(=O)c3ccc(Cl)cc3)c1)Nc1ccccc1N2. The van der Waals surface area contributed by atoms with Crippen LogP contribution in [0.4, 0.5) is 11.4 Å². The van der Waals surface area contributed by atoms with Crippen molar-refractivity contribution >= 4 is 34.7 Å². The van der Waals surface area contributed by atoms with Gasteiger partial charge in [0.05, 0.1) is 23.0 Å². The number of rotatable bonds is 7. The Kier molecular flexibility index (Phi) is 8.28. The first-order valence-corrected chi connectivity index (χ1v) is 15.6. The van der Waals surface area contributed by atoms with Gasteiger partial charge in [0.2, 0.25) is 0 Å². The van der Waals surface area contributed by atoms with Gasteiger partial charge in [-0.2, -0.15) is 0 Å². The van der Waals surface area contributed by atoms with Crippen molar-refractivity contribution in [1.29, 1.82) is 0 Å². The number of ether oxygens (including phenoxy) is 2. The molecule has 6 nitrogen and oxygen atoms in total. The number of nitrogens with one attached hydrogen (secondary N) is 2. The number of halogens is 1. The first kappa shape index (κ1) is 29.4. The van der Waals surface area contributed by atoms with E-state index in [0.717, 1.165) is 39.5 Å². The predicted octanol–water partition coefficient (Wildman–Crippen LogP) is 9.12. The molecule has 1 aliphatic carbocycles. The van der Waals surface area contributed by atoms with Crippen LogP contribution in [0.2, 0.25) is 5.02 Å². The molecule has 0 fully saturated rings. The lowest BCUT2D eigenvalue weighted by molar-refractivity contribution is -0.116.